The molecule has 1 aromatic carbocycles. The van der Waals surface area contributed by atoms with Crippen molar-refractivity contribution in [1.29, 1.82) is 0 Å². The molecule has 0 saturated carbocycles. The molecule has 0 aliphatic heterocycles. The van der Waals surface area contributed by atoms with Gasteiger partial charge in [-0.05, 0) is 50.5 Å². The zero-order valence-electron chi connectivity index (χ0n) is 15.6. The molecule has 25 heavy (non-hydrogen) atoms. The Morgan fingerprint density at radius 2 is 2.00 bits per heavy atom. The Kier molecular flexibility index (Phi) is 4.78. The molecule has 2 aliphatic rings. The van der Waals surface area contributed by atoms with Crippen LogP contribution in [0.5, 0.6) is 0 Å². The maximum absolute atomic E-state index is 5.07. The zero-order chi connectivity index (χ0) is 17.2. The lowest BCUT2D eigenvalue weighted by molar-refractivity contribution is 0.433. The summed E-state index contributed by atoms with van der Waals surface area (Å²) in [6.45, 7) is 5.65. The fourth-order valence-electron chi connectivity index (χ4n) is 4.81. The molecule has 0 fully saturated rings. The molecule has 2 heteroatoms. The Labute approximate surface area is 151 Å². The van der Waals surface area contributed by atoms with Gasteiger partial charge in [0, 0.05) is 28.9 Å². The van der Waals surface area contributed by atoms with Crippen LogP contribution < -0.4 is 5.32 Å². The van der Waals surface area contributed by atoms with Gasteiger partial charge < -0.3 is 5.32 Å². The van der Waals surface area contributed by atoms with Crippen molar-refractivity contribution < 1.29 is 0 Å². The Balaban J connectivity index is 1.71. The second-order valence-electron chi connectivity index (χ2n) is 7.97. The third-order valence-electron chi connectivity index (χ3n) is 5.88. The highest BCUT2D eigenvalue weighted by atomic mass is 14.9. The lowest BCUT2D eigenvalue weighted by Gasteiger charge is -2.36. The SMILES string of the molecule is CCCCCCNc1c2c(nc3ccccc13)C[C@@H]1C=C(C)C[C@H]2C1. The number of unbranched alkanes of at least 4 members (excludes halogenated alkanes) is 3. The molecule has 2 nitrogen and oxygen atoms in total. The molecule has 2 aliphatic carbocycles. The van der Waals surface area contributed by atoms with Gasteiger partial charge in [0.1, 0.15) is 0 Å². The molecule has 0 radical (unpaired) electrons. The molecule has 1 heterocycles. The van der Waals surface area contributed by atoms with Crippen LogP contribution in [-0.2, 0) is 6.42 Å². The molecular weight excluding hydrogens is 304 g/mol. The fraction of sp³-hybridized carbons (Fsp3) is 0.522. The molecule has 0 amide bonds. The molecule has 0 unspecified atom stereocenters. The van der Waals surface area contributed by atoms with E-state index in [-0.39, 0.29) is 0 Å². The number of rotatable bonds is 6. The van der Waals surface area contributed by atoms with Gasteiger partial charge >= 0.3 is 0 Å². The van der Waals surface area contributed by atoms with Crippen molar-refractivity contribution in [2.24, 2.45) is 5.92 Å². The van der Waals surface area contributed by atoms with Crippen LogP contribution in [0.2, 0.25) is 0 Å². The van der Waals surface area contributed by atoms with Gasteiger partial charge in [0.15, 0.2) is 0 Å². The summed E-state index contributed by atoms with van der Waals surface area (Å²) in [7, 11) is 0. The van der Waals surface area contributed by atoms with Gasteiger partial charge in [-0.25, -0.2) is 0 Å². The van der Waals surface area contributed by atoms with Crippen LogP contribution >= 0.6 is 0 Å². The summed E-state index contributed by atoms with van der Waals surface area (Å²) < 4.78 is 0. The van der Waals surface area contributed by atoms with Gasteiger partial charge in [-0.3, -0.25) is 4.98 Å². The van der Waals surface area contributed by atoms with Gasteiger partial charge in [-0.15, -0.1) is 0 Å². The minimum absolute atomic E-state index is 0.647. The summed E-state index contributed by atoms with van der Waals surface area (Å²) in [6, 6.07) is 8.68. The van der Waals surface area contributed by atoms with E-state index in [0.29, 0.717) is 11.8 Å². The summed E-state index contributed by atoms with van der Waals surface area (Å²) >= 11 is 0. The number of benzene rings is 1. The van der Waals surface area contributed by atoms with Crippen molar-refractivity contribution in [3.63, 3.8) is 0 Å². The molecular formula is C23H30N2. The van der Waals surface area contributed by atoms with Crippen molar-refractivity contribution in [3.05, 3.63) is 47.2 Å². The number of hydrogen-bond acceptors (Lipinski definition) is 2. The van der Waals surface area contributed by atoms with Crippen molar-refractivity contribution in [2.45, 2.75) is 64.7 Å². The van der Waals surface area contributed by atoms with Gasteiger partial charge in [0.25, 0.3) is 0 Å². The van der Waals surface area contributed by atoms with E-state index >= 15 is 0 Å². The molecule has 4 rings (SSSR count). The second kappa shape index (κ2) is 7.19. The summed E-state index contributed by atoms with van der Waals surface area (Å²) in [4.78, 5) is 5.07. The molecule has 0 saturated heterocycles. The second-order valence-corrected chi connectivity index (χ2v) is 7.97. The average molecular weight is 335 g/mol. The molecule has 1 N–H and O–H groups in total. The minimum atomic E-state index is 0.647. The molecule has 0 spiro atoms. The average Bonchev–Trinajstić information content (AvgIpc) is 2.60. The summed E-state index contributed by atoms with van der Waals surface area (Å²) in [5, 5.41) is 5.14. The highest BCUT2D eigenvalue weighted by molar-refractivity contribution is 5.94. The van der Waals surface area contributed by atoms with Gasteiger partial charge in [-0.1, -0.05) is 56.0 Å². The Bertz CT molecular complexity index is 790. The van der Waals surface area contributed by atoms with Crippen LogP contribution in [0.25, 0.3) is 10.9 Å². The first-order valence-electron chi connectivity index (χ1n) is 10.1. The summed E-state index contributed by atoms with van der Waals surface area (Å²) in [5.41, 5.74) is 6.97. The van der Waals surface area contributed by atoms with E-state index in [9.17, 15) is 0 Å². The largest absolute Gasteiger partial charge is 0.384 e. The number of anilines is 1. The van der Waals surface area contributed by atoms with Crippen LogP contribution in [0.4, 0.5) is 5.69 Å². The minimum Gasteiger partial charge on any atom is -0.384 e. The van der Waals surface area contributed by atoms with Crippen molar-refractivity contribution in [3.8, 4) is 0 Å². The normalized spacial score (nSPS) is 21.8. The van der Waals surface area contributed by atoms with Crippen LogP contribution in [0.15, 0.2) is 35.9 Å². The van der Waals surface area contributed by atoms with E-state index in [2.05, 4.69) is 49.5 Å². The summed E-state index contributed by atoms with van der Waals surface area (Å²) in [6.07, 6.45) is 11.3. The predicted molar refractivity (Wildman–Crippen MR) is 107 cm³/mol. The molecule has 1 aromatic heterocycles. The molecule has 2 aromatic rings. The van der Waals surface area contributed by atoms with Gasteiger partial charge in [0.05, 0.1) is 5.52 Å². The maximum Gasteiger partial charge on any atom is 0.0726 e. The van der Waals surface area contributed by atoms with Crippen LogP contribution in [0.3, 0.4) is 0 Å². The topological polar surface area (TPSA) is 24.9 Å². The lowest BCUT2D eigenvalue weighted by Crippen LogP contribution is -2.24. The Morgan fingerprint density at radius 1 is 1.12 bits per heavy atom. The van der Waals surface area contributed by atoms with Crippen LogP contribution in [0, 0.1) is 5.92 Å². The number of nitrogens with one attached hydrogen (secondary N) is 1. The van der Waals surface area contributed by atoms with E-state index in [4.69, 9.17) is 4.98 Å². The number of allylic oxidation sites excluding steroid dienone is 2. The molecule has 2 atom stereocenters. The van der Waals surface area contributed by atoms with E-state index < -0.39 is 0 Å². The third kappa shape index (κ3) is 3.31. The number of fused-ring (bicyclic) bond motifs is 5. The lowest BCUT2D eigenvalue weighted by atomic mass is 9.71. The highest BCUT2D eigenvalue weighted by Gasteiger charge is 2.33. The van der Waals surface area contributed by atoms with Crippen LogP contribution in [-0.4, -0.2) is 11.5 Å². The summed E-state index contributed by atoms with van der Waals surface area (Å²) in [5.74, 6) is 1.34. The first kappa shape index (κ1) is 16.6. The van der Waals surface area contributed by atoms with Crippen molar-refractivity contribution in [2.75, 3.05) is 11.9 Å². The number of para-hydroxylation sites is 1. The Hall–Kier alpha value is -1.83. The third-order valence-corrected chi connectivity index (χ3v) is 5.88. The van der Waals surface area contributed by atoms with Gasteiger partial charge in [-0.2, -0.15) is 0 Å². The standard InChI is InChI=1S/C23H30N2/c1-3-4-5-8-11-24-23-19-9-6-7-10-20(19)25-21-15-17-12-16(2)13-18(14-17)22(21)23/h6-7,9-10,12,17-18H,3-5,8,11,13-15H2,1-2H3,(H,24,25)/t17-,18+/m1/s1. The number of pyridine rings is 1. The smallest absolute Gasteiger partial charge is 0.0726 e. The van der Waals surface area contributed by atoms with E-state index in [0.717, 1.165) is 18.5 Å². The van der Waals surface area contributed by atoms with E-state index in [1.807, 2.05) is 0 Å². The highest BCUT2D eigenvalue weighted by Crippen LogP contribution is 2.47. The zero-order valence-corrected chi connectivity index (χ0v) is 15.6. The number of aromatic nitrogens is 1. The quantitative estimate of drug-likeness (QED) is 0.501. The molecule has 132 valence electrons. The van der Waals surface area contributed by atoms with Gasteiger partial charge in [0.2, 0.25) is 0 Å². The fourth-order valence-corrected chi connectivity index (χ4v) is 4.81. The Morgan fingerprint density at radius 3 is 2.88 bits per heavy atom. The van der Waals surface area contributed by atoms with Crippen molar-refractivity contribution in [1.82, 2.24) is 4.98 Å². The van der Waals surface area contributed by atoms with E-state index in [1.165, 1.54) is 60.9 Å². The number of nitrogens with zero attached hydrogens (tertiary/aromatic N) is 1. The maximum atomic E-state index is 5.07. The first-order valence-corrected chi connectivity index (χ1v) is 10.1. The van der Waals surface area contributed by atoms with Crippen LogP contribution in [0.1, 0.15) is 69.5 Å². The first-order chi connectivity index (χ1) is 12.3. The molecule has 2 bridgehead atoms. The monoisotopic (exact) mass is 334 g/mol. The van der Waals surface area contributed by atoms with Crippen molar-refractivity contribution >= 4 is 16.6 Å². The van der Waals surface area contributed by atoms with E-state index in [1.54, 1.807) is 5.57 Å². The number of hydrogen-bond donors (Lipinski definition) is 1. The predicted octanol–water partition coefficient (Wildman–Crippen LogP) is 6.22.